The van der Waals surface area contributed by atoms with Crippen LogP contribution in [0, 0.1) is 6.92 Å². The third kappa shape index (κ3) is 4.13. The van der Waals surface area contributed by atoms with Gasteiger partial charge in [0.2, 0.25) is 5.91 Å². The van der Waals surface area contributed by atoms with Gasteiger partial charge in [-0.3, -0.25) is 19.2 Å². The summed E-state index contributed by atoms with van der Waals surface area (Å²) in [6.07, 6.45) is 0.768. The number of imide groups is 1. The minimum absolute atomic E-state index is 0.180. The lowest BCUT2D eigenvalue weighted by atomic mass is 10.0. The van der Waals surface area contributed by atoms with E-state index in [9.17, 15) is 19.2 Å². The molecule has 0 atom stereocenters. The summed E-state index contributed by atoms with van der Waals surface area (Å²) >= 11 is 0. The first-order chi connectivity index (χ1) is 15.8. The van der Waals surface area contributed by atoms with E-state index in [1.807, 2.05) is 32.0 Å². The van der Waals surface area contributed by atoms with E-state index in [1.165, 1.54) is 19.1 Å². The Kier molecular flexibility index (Phi) is 5.79. The second kappa shape index (κ2) is 8.70. The zero-order chi connectivity index (χ0) is 23.7. The third-order valence-corrected chi connectivity index (χ3v) is 5.57. The minimum Gasteiger partial charge on any atom is -0.326 e. The van der Waals surface area contributed by atoms with Gasteiger partial charge in [0.25, 0.3) is 17.7 Å². The average molecular weight is 441 g/mol. The Hall–Kier alpha value is -4.26. The molecule has 2 N–H and O–H groups in total. The zero-order valence-corrected chi connectivity index (χ0v) is 18.6. The van der Waals surface area contributed by atoms with Crippen LogP contribution < -0.4 is 15.5 Å². The molecule has 7 nitrogen and oxygen atoms in total. The van der Waals surface area contributed by atoms with E-state index in [4.69, 9.17) is 0 Å². The number of anilines is 3. The van der Waals surface area contributed by atoms with Crippen LogP contribution in [0.15, 0.2) is 60.7 Å². The standard InChI is InChI=1S/C26H23N3O4/c1-4-17-7-5-6-15(2)23(17)28-24(31)18-8-13-21-22(14-18)26(33)29(25(21)32)20-11-9-19(10-12-20)27-16(3)30/h5-14H,4H2,1-3H3,(H,27,30)(H,28,31). The molecule has 0 bridgehead atoms. The maximum atomic E-state index is 13.1. The molecule has 0 saturated heterocycles. The van der Waals surface area contributed by atoms with Gasteiger partial charge in [0.15, 0.2) is 0 Å². The van der Waals surface area contributed by atoms with Crippen molar-refractivity contribution in [3.05, 3.63) is 88.5 Å². The second-order valence-corrected chi connectivity index (χ2v) is 7.85. The molecule has 1 aliphatic heterocycles. The molecule has 0 unspecified atom stereocenters. The van der Waals surface area contributed by atoms with E-state index in [1.54, 1.807) is 30.3 Å². The Morgan fingerprint density at radius 3 is 2.24 bits per heavy atom. The molecule has 7 heteroatoms. The topological polar surface area (TPSA) is 95.6 Å². The van der Waals surface area contributed by atoms with Crippen molar-refractivity contribution >= 4 is 40.7 Å². The summed E-state index contributed by atoms with van der Waals surface area (Å²) in [5.41, 5.74) is 4.38. The fourth-order valence-corrected chi connectivity index (χ4v) is 3.90. The number of carbonyl (C=O) groups is 4. The lowest BCUT2D eigenvalue weighted by Crippen LogP contribution is -2.29. The smallest absolute Gasteiger partial charge is 0.266 e. The molecule has 4 rings (SSSR count). The highest BCUT2D eigenvalue weighted by molar-refractivity contribution is 6.34. The summed E-state index contributed by atoms with van der Waals surface area (Å²) in [5, 5.41) is 5.59. The molecular formula is C26H23N3O4. The number of fused-ring (bicyclic) bond motifs is 1. The second-order valence-electron chi connectivity index (χ2n) is 7.85. The monoisotopic (exact) mass is 441 g/mol. The van der Waals surface area contributed by atoms with E-state index in [2.05, 4.69) is 10.6 Å². The van der Waals surface area contributed by atoms with Gasteiger partial charge in [0.05, 0.1) is 16.8 Å². The van der Waals surface area contributed by atoms with Gasteiger partial charge in [-0.2, -0.15) is 0 Å². The van der Waals surface area contributed by atoms with Crippen LogP contribution in [0.3, 0.4) is 0 Å². The summed E-state index contributed by atoms with van der Waals surface area (Å²) in [6.45, 7) is 5.34. The highest BCUT2D eigenvalue weighted by Gasteiger charge is 2.37. The molecule has 3 aromatic rings. The van der Waals surface area contributed by atoms with E-state index in [0.29, 0.717) is 16.9 Å². The van der Waals surface area contributed by atoms with Gasteiger partial charge in [-0.25, -0.2) is 4.90 Å². The van der Waals surface area contributed by atoms with Gasteiger partial charge in [0, 0.05) is 23.9 Å². The molecule has 0 aliphatic carbocycles. The van der Waals surface area contributed by atoms with Gasteiger partial charge in [0.1, 0.15) is 0 Å². The number of hydrogen-bond donors (Lipinski definition) is 2. The summed E-state index contributed by atoms with van der Waals surface area (Å²) in [7, 11) is 0. The van der Waals surface area contributed by atoms with Crippen LogP contribution in [-0.4, -0.2) is 23.6 Å². The molecule has 0 spiro atoms. The Bertz CT molecular complexity index is 1300. The molecule has 0 radical (unpaired) electrons. The molecular weight excluding hydrogens is 418 g/mol. The van der Waals surface area contributed by atoms with Crippen molar-refractivity contribution in [3.8, 4) is 0 Å². The van der Waals surface area contributed by atoms with Crippen LogP contribution in [0.25, 0.3) is 0 Å². The number of benzene rings is 3. The van der Waals surface area contributed by atoms with Gasteiger partial charge in [-0.1, -0.05) is 25.1 Å². The number of carbonyl (C=O) groups excluding carboxylic acids is 4. The van der Waals surface area contributed by atoms with E-state index in [0.717, 1.165) is 28.1 Å². The number of nitrogens with zero attached hydrogens (tertiary/aromatic N) is 1. The molecule has 3 aromatic carbocycles. The maximum Gasteiger partial charge on any atom is 0.266 e. The fraction of sp³-hybridized carbons (Fsp3) is 0.154. The Morgan fingerprint density at radius 1 is 0.879 bits per heavy atom. The molecule has 1 heterocycles. The van der Waals surface area contributed by atoms with E-state index >= 15 is 0 Å². The summed E-state index contributed by atoms with van der Waals surface area (Å²) in [4.78, 5) is 51.2. The van der Waals surface area contributed by atoms with Gasteiger partial charge in [-0.05, 0) is 66.9 Å². The number of aryl methyl sites for hydroxylation is 2. The lowest BCUT2D eigenvalue weighted by Gasteiger charge is -2.14. The van der Waals surface area contributed by atoms with Gasteiger partial charge < -0.3 is 10.6 Å². The molecule has 0 fully saturated rings. The van der Waals surface area contributed by atoms with Crippen molar-refractivity contribution in [1.82, 2.24) is 0 Å². The first kappa shape index (κ1) is 22.0. The number of amides is 4. The van der Waals surface area contributed by atoms with Crippen LogP contribution in [0.5, 0.6) is 0 Å². The SMILES string of the molecule is CCc1cccc(C)c1NC(=O)c1ccc2c(c1)C(=O)N(c1ccc(NC(C)=O)cc1)C2=O. The van der Waals surface area contributed by atoms with Crippen LogP contribution >= 0.6 is 0 Å². The highest BCUT2D eigenvalue weighted by atomic mass is 16.2. The molecule has 0 saturated carbocycles. The van der Waals surface area contributed by atoms with E-state index < -0.39 is 11.8 Å². The van der Waals surface area contributed by atoms with Crippen molar-refractivity contribution in [1.29, 1.82) is 0 Å². The quantitative estimate of drug-likeness (QED) is 0.567. The normalized spacial score (nSPS) is 12.5. The highest BCUT2D eigenvalue weighted by Crippen LogP contribution is 2.30. The molecule has 166 valence electrons. The first-order valence-corrected chi connectivity index (χ1v) is 10.6. The third-order valence-electron chi connectivity index (χ3n) is 5.57. The number of rotatable bonds is 5. The van der Waals surface area contributed by atoms with Gasteiger partial charge >= 0.3 is 0 Å². The maximum absolute atomic E-state index is 13.1. The van der Waals surface area contributed by atoms with Crippen molar-refractivity contribution in [2.75, 3.05) is 15.5 Å². The number of para-hydroxylation sites is 1. The van der Waals surface area contributed by atoms with Crippen LogP contribution in [0.2, 0.25) is 0 Å². The van der Waals surface area contributed by atoms with Crippen molar-refractivity contribution < 1.29 is 19.2 Å². The molecule has 1 aliphatic rings. The summed E-state index contributed by atoms with van der Waals surface area (Å²) in [6, 6.07) is 16.8. The van der Waals surface area contributed by atoms with E-state index in [-0.39, 0.29) is 22.9 Å². The largest absolute Gasteiger partial charge is 0.326 e. The summed E-state index contributed by atoms with van der Waals surface area (Å²) in [5.74, 6) is -1.52. The van der Waals surface area contributed by atoms with Crippen LogP contribution in [0.4, 0.5) is 17.1 Å². The van der Waals surface area contributed by atoms with Crippen molar-refractivity contribution in [2.24, 2.45) is 0 Å². The molecule has 4 amide bonds. The predicted octanol–water partition coefficient (Wildman–Crippen LogP) is 4.57. The van der Waals surface area contributed by atoms with Gasteiger partial charge in [-0.15, -0.1) is 0 Å². The average Bonchev–Trinajstić information content (AvgIpc) is 3.05. The minimum atomic E-state index is -0.498. The summed E-state index contributed by atoms with van der Waals surface area (Å²) < 4.78 is 0. The zero-order valence-electron chi connectivity index (χ0n) is 18.6. The van der Waals surface area contributed by atoms with Crippen LogP contribution in [-0.2, 0) is 11.2 Å². The van der Waals surface area contributed by atoms with Crippen LogP contribution in [0.1, 0.15) is 56.0 Å². The Labute approximate surface area is 191 Å². The first-order valence-electron chi connectivity index (χ1n) is 10.6. The molecule has 0 aromatic heterocycles. The lowest BCUT2D eigenvalue weighted by molar-refractivity contribution is -0.114. The number of hydrogen-bond acceptors (Lipinski definition) is 4. The predicted molar refractivity (Wildman–Crippen MR) is 127 cm³/mol. The van der Waals surface area contributed by atoms with Crippen molar-refractivity contribution in [2.45, 2.75) is 27.2 Å². The molecule has 33 heavy (non-hydrogen) atoms. The Morgan fingerprint density at radius 2 is 1.58 bits per heavy atom. The fourth-order valence-electron chi connectivity index (χ4n) is 3.90. The number of nitrogens with one attached hydrogen (secondary N) is 2. The Balaban J connectivity index is 1.60. The van der Waals surface area contributed by atoms with Crippen molar-refractivity contribution in [3.63, 3.8) is 0 Å².